The fourth-order valence-electron chi connectivity index (χ4n) is 4.35. The van der Waals surface area contributed by atoms with Crippen molar-refractivity contribution in [2.45, 2.75) is 32.9 Å². The molecular weight excluding hydrogens is 441 g/mol. The summed E-state index contributed by atoms with van der Waals surface area (Å²) in [6.45, 7) is 4.64. The fourth-order valence-corrected chi connectivity index (χ4v) is 5.56. The van der Waals surface area contributed by atoms with Crippen LogP contribution in [0.25, 0.3) is 21.8 Å². The zero-order chi connectivity index (χ0) is 23.8. The molecule has 0 bridgehead atoms. The van der Waals surface area contributed by atoms with Crippen LogP contribution in [0.15, 0.2) is 66.7 Å². The quantitative estimate of drug-likeness (QED) is 0.409. The van der Waals surface area contributed by atoms with E-state index < -0.39 is 27.8 Å². The van der Waals surface area contributed by atoms with Gasteiger partial charge in [0.25, 0.3) is 0 Å². The molecule has 0 aliphatic rings. The molecule has 6 nitrogen and oxygen atoms in total. The molecule has 4 rings (SSSR count). The van der Waals surface area contributed by atoms with Crippen LogP contribution in [0, 0.1) is 5.82 Å². The van der Waals surface area contributed by atoms with Crippen molar-refractivity contribution in [2.75, 3.05) is 15.9 Å². The number of aromatic nitrogens is 1. The average Bonchev–Trinajstić information content (AvgIpc) is 3.10. The number of nitrogens with one attached hydrogen (secondary N) is 1. The largest absolute Gasteiger partial charge is 0.341 e. The lowest BCUT2D eigenvalue weighted by Gasteiger charge is -2.30. The summed E-state index contributed by atoms with van der Waals surface area (Å²) >= 11 is 0. The number of halogens is 1. The SMILES string of the molecule is CCC(C(=O)Nc1ccc2c(c1)c1ccccc1n2CC)N(c1ccc(F)cc1)S(C)(=O)=O. The number of para-hydroxylation sites is 1. The minimum absolute atomic E-state index is 0.238. The van der Waals surface area contributed by atoms with E-state index in [1.807, 2.05) is 36.4 Å². The standard InChI is InChI=1S/C25H26FN3O3S/c1-4-22(29(33(3,31)32)19-13-10-17(26)11-14-19)25(30)27-18-12-15-24-21(16-18)20-8-6-7-9-23(20)28(24)5-2/h6-16,22H,4-5H2,1-3H3,(H,27,30). The van der Waals surface area contributed by atoms with Gasteiger partial charge in [-0.25, -0.2) is 12.8 Å². The van der Waals surface area contributed by atoms with E-state index >= 15 is 0 Å². The van der Waals surface area contributed by atoms with E-state index in [1.165, 1.54) is 24.3 Å². The number of hydrogen-bond acceptors (Lipinski definition) is 3. The van der Waals surface area contributed by atoms with Gasteiger partial charge in [-0.1, -0.05) is 25.1 Å². The predicted molar refractivity (Wildman–Crippen MR) is 132 cm³/mol. The fraction of sp³-hybridized carbons (Fsp3) is 0.240. The molecular formula is C25H26FN3O3S. The highest BCUT2D eigenvalue weighted by molar-refractivity contribution is 7.92. The summed E-state index contributed by atoms with van der Waals surface area (Å²) in [5.41, 5.74) is 3.00. The first-order valence-corrected chi connectivity index (χ1v) is 12.7. The molecule has 0 radical (unpaired) electrons. The molecule has 3 aromatic carbocycles. The van der Waals surface area contributed by atoms with Crippen molar-refractivity contribution in [1.82, 2.24) is 4.57 Å². The normalized spacial score (nSPS) is 12.7. The van der Waals surface area contributed by atoms with Crippen molar-refractivity contribution in [3.63, 3.8) is 0 Å². The zero-order valence-electron chi connectivity index (χ0n) is 18.7. The summed E-state index contributed by atoms with van der Waals surface area (Å²) in [4.78, 5) is 13.2. The molecule has 0 spiro atoms. The average molecular weight is 468 g/mol. The molecule has 0 aliphatic heterocycles. The van der Waals surface area contributed by atoms with Crippen LogP contribution in [0.3, 0.4) is 0 Å². The second-order valence-electron chi connectivity index (χ2n) is 7.94. The molecule has 172 valence electrons. The van der Waals surface area contributed by atoms with Gasteiger partial charge in [-0.3, -0.25) is 9.10 Å². The number of carbonyl (C=O) groups is 1. The number of benzene rings is 3. The lowest BCUT2D eigenvalue weighted by atomic mass is 10.1. The van der Waals surface area contributed by atoms with Gasteiger partial charge in [0.05, 0.1) is 11.9 Å². The van der Waals surface area contributed by atoms with E-state index in [9.17, 15) is 17.6 Å². The maximum absolute atomic E-state index is 13.4. The summed E-state index contributed by atoms with van der Waals surface area (Å²) in [7, 11) is -3.80. The van der Waals surface area contributed by atoms with Gasteiger partial charge in [0.15, 0.2) is 0 Å². The Balaban J connectivity index is 1.71. The minimum Gasteiger partial charge on any atom is -0.341 e. The lowest BCUT2D eigenvalue weighted by molar-refractivity contribution is -0.117. The van der Waals surface area contributed by atoms with Gasteiger partial charge in [0.1, 0.15) is 11.9 Å². The molecule has 0 saturated heterocycles. The third-order valence-electron chi connectivity index (χ3n) is 5.77. The van der Waals surface area contributed by atoms with Crippen LogP contribution in [-0.4, -0.2) is 31.2 Å². The van der Waals surface area contributed by atoms with Crippen molar-refractivity contribution in [2.24, 2.45) is 0 Å². The van der Waals surface area contributed by atoms with Crippen molar-refractivity contribution in [3.05, 3.63) is 72.5 Å². The van der Waals surface area contributed by atoms with Crippen LogP contribution in [0.5, 0.6) is 0 Å². The van der Waals surface area contributed by atoms with E-state index in [0.717, 1.165) is 38.9 Å². The van der Waals surface area contributed by atoms with E-state index in [2.05, 4.69) is 22.9 Å². The minimum atomic E-state index is -3.80. The zero-order valence-corrected chi connectivity index (χ0v) is 19.6. The van der Waals surface area contributed by atoms with Gasteiger partial charge < -0.3 is 9.88 Å². The molecule has 0 fully saturated rings. The third-order valence-corrected chi connectivity index (χ3v) is 6.95. The summed E-state index contributed by atoms with van der Waals surface area (Å²) in [6.07, 6.45) is 1.28. The highest BCUT2D eigenvalue weighted by Crippen LogP contribution is 2.31. The van der Waals surface area contributed by atoms with Gasteiger partial charge in [-0.15, -0.1) is 0 Å². The smallest absolute Gasteiger partial charge is 0.248 e. The summed E-state index contributed by atoms with van der Waals surface area (Å²) in [5, 5.41) is 4.98. The molecule has 33 heavy (non-hydrogen) atoms. The molecule has 1 amide bonds. The van der Waals surface area contributed by atoms with Crippen molar-refractivity contribution in [1.29, 1.82) is 0 Å². The molecule has 4 aromatic rings. The topological polar surface area (TPSA) is 71.4 Å². The molecule has 8 heteroatoms. The Hall–Kier alpha value is -3.39. The first-order valence-electron chi connectivity index (χ1n) is 10.8. The Kier molecular flexibility index (Phi) is 6.12. The summed E-state index contributed by atoms with van der Waals surface area (Å²) < 4.78 is 41.8. The van der Waals surface area contributed by atoms with Crippen LogP contribution in [0.2, 0.25) is 0 Å². The first kappa shape index (κ1) is 22.8. The molecule has 1 unspecified atom stereocenters. The number of nitrogens with zero attached hydrogens (tertiary/aromatic N) is 2. The van der Waals surface area contributed by atoms with Crippen LogP contribution < -0.4 is 9.62 Å². The number of hydrogen-bond donors (Lipinski definition) is 1. The van der Waals surface area contributed by atoms with Crippen molar-refractivity contribution < 1.29 is 17.6 Å². The number of amides is 1. The first-order chi connectivity index (χ1) is 15.7. The Morgan fingerprint density at radius 1 is 1.00 bits per heavy atom. The van der Waals surface area contributed by atoms with Gasteiger partial charge in [-0.2, -0.15) is 0 Å². The van der Waals surface area contributed by atoms with Gasteiger partial charge in [0, 0.05) is 34.0 Å². The van der Waals surface area contributed by atoms with E-state index in [4.69, 9.17) is 0 Å². The van der Waals surface area contributed by atoms with Crippen LogP contribution in [0.4, 0.5) is 15.8 Å². The predicted octanol–water partition coefficient (Wildman–Crippen LogP) is 5.14. The monoisotopic (exact) mass is 467 g/mol. The maximum Gasteiger partial charge on any atom is 0.248 e. The Morgan fingerprint density at radius 2 is 1.67 bits per heavy atom. The van der Waals surface area contributed by atoms with E-state index in [1.54, 1.807) is 6.92 Å². The second-order valence-corrected chi connectivity index (χ2v) is 9.80. The highest BCUT2D eigenvalue weighted by Gasteiger charge is 2.31. The van der Waals surface area contributed by atoms with Crippen molar-refractivity contribution in [3.8, 4) is 0 Å². The molecule has 1 atom stereocenters. The molecule has 1 aromatic heterocycles. The van der Waals surface area contributed by atoms with Gasteiger partial charge in [0.2, 0.25) is 15.9 Å². The number of carbonyl (C=O) groups excluding carboxylic acids is 1. The van der Waals surface area contributed by atoms with E-state index in [-0.39, 0.29) is 12.1 Å². The number of sulfonamides is 1. The van der Waals surface area contributed by atoms with Gasteiger partial charge in [-0.05, 0) is 61.9 Å². The van der Waals surface area contributed by atoms with Crippen LogP contribution >= 0.6 is 0 Å². The Morgan fingerprint density at radius 3 is 2.30 bits per heavy atom. The molecule has 1 N–H and O–H groups in total. The third kappa shape index (κ3) is 4.30. The summed E-state index contributed by atoms with van der Waals surface area (Å²) in [6, 6.07) is 17.9. The highest BCUT2D eigenvalue weighted by atomic mass is 32.2. The van der Waals surface area contributed by atoms with Crippen LogP contribution in [-0.2, 0) is 21.4 Å². The molecule has 0 saturated carbocycles. The van der Waals surface area contributed by atoms with Crippen molar-refractivity contribution >= 4 is 49.1 Å². The Labute approximate surface area is 192 Å². The second kappa shape index (κ2) is 8.86. The molecule has 1 heterocycles. The molecule has 0 aliphatic carbocycles. The van der Waals surface area contributed by atoms with E-state index in [0.29, 0.717) is 5.69 Å². The van der Waals surface area contributed by atoms with Gasteiger partial charge >= 0.3 is 0 Å². The van der Waals surface area contributed by atoms with Crippen LogP contribution in [0.1, 0.15) is 20.3 Å². The lowest BCUT2D eigenvalue weighted by Crippen LogP contribution is -2.47. The number of rotatable bonds is 7. The summed E-state index contributed by atoms with van der Waals surface area (Å²) in [5.74, 6) is -0.935. The number of anilines is 2. The Bertz CT molecular complexity index is 1430. The maximum atomic E-state index is 13.4. The number of fused-ring (bicyclic) bond motifs is 3. The number of aryl methyl sites for hydroxylation is 1.